The summed E-state index contributed by atoms with van der Waals surface area (Å²) in [6.07, 6.45) is 0. The van der Waals surface area contributed by atoms with Crippen LogP contribution in [0.3, 0.4) is 0 Å². The predicted molar refractivity (Wildman–Crippen MR) is 78.8 cm³/mol. The van der Waals surface area contributed by atoms with Gasteiger partial charge in [0.05, 0.1) is 30.8 Å². The summed E-state index contributed by atoms with van der Waals surface area (Å²) in [6, 6.07) is 0. The van der Waals surface area contributed by atoms with E-state index in [4.69, 9.17) is 9.47 Å². The van der Waals surface area contributed by atoms with Crippen molar-refractivity contribution in [2.24, 2.45) is 22.7 Å². The Kier molecular flexibility index (Phi) is 3.68. The Labute approximate surface area is 129 Å². The highest BCUT2D eigenvalue weighted by molar-refractivity contribution is 8.01. The number of hydrogen-bond donors (Lipinski definition) is 0. The molecule has 2 aliphatic rings. The van der Waals surface area contributed by atoms with Gasteiger partial charge in [0.15, 0.2) is 0 Å². The molecule has 1 saturated carbocycles. The lowest BCUT2D eigenvalue weighted by atomic mass is 9.42. The molecular weight excluding hydrogens is 292 g/mol. The molecule has 1 heterocycles. The topological polar surface area (TPSA) is 69.7 Å². The third-order valence-corrected chi connectivity index (χ3v) is 7.54. The summed E-state index contributed by atoms with van der Waals surface area (Å²) in [7, 11) is 2.63. The molecule has 6 heteroatoms. The Bertz CT molecular complexity index is 490. The highest BCUT2D eigenvalue weighted by atomic mass is 32.2. The first-order valence-corrected chi connectivity index (χ1v) is 7.92. The van der Waals surface area contributed by atoms with Crippen molar-refractivity contribution >= 4 is 29.5 Å². The van der Waals surface area contributed by atoms with Crippen molar-refractivity contribution in [3.63, 3.8) is 0 Å². The first kappa shape index (κ1) is 16.3. The molecule has 2 fully saturated rings. The monoisotopic (exact) mass is 314 g/mol. The van der Waals surface area contributed by atoms with E-state index in [9.17, 15) is 14.4 Å². The van der Waals surface area contributed by atoms with E-state index >= 15 is 0 Å². The van der Waals surface area contributed by atoms with E-state index in [0.717, 1.165) is 0 Å². The van der Waals surface area contributed by atoms with Crippen LogP contribution in [0.5, 0.6) is 0 Å². The van der Waals surface area contributed by atoms with Crippen molar-refractivity contribution in [1.82, 2.24) is 0 Å². The van der Waals surface area contributed by atoms with Gasteiger partial charge in [0.2, 0.25) is 0 Å². The van der Waals surface area contributed by atoms with Crippen molar-refractivity contribution in [3.05, 3.63) is 0 Å². The number of thioether (sulfide) groups is 1. The molecule has 0 aromatic rings. The number of Topliss-reactive ketones (excluding diaryl/α,β-unsaturated/α-hetero) is 1. The van der Waals surface area contributed by atoms with Crippen molar-refractivity contribution in [2.75, 3.05) is 20.0 Å². The van der Waals surface area contributed by atoms with Gasteiger partial charge in [-0.25, -0.2) is 0 Å². The van der Waals surface area contributed by atoms with Crippen LogP contribution < -0.4 is 0 Å². The molecule has 2 atom stereocenters. The van der Waals surface area contributed by atoms with Crippen LogP contribution in [-0.4, -0.2) is 42.4 Å². The van der Waals surface area contributed by atoms with Gasteiger partial charge in [0, 0.05) is 16.6 Å². The van der Waals surface area contributed by atoms with E-state index in [1.54, 1.807) is 0 Å². The molecule has 0 N–H and O–H groups in total. The average Bonchev–Trinajstić information content (AvgIpc) is 2.87. The fraction of sp³-hybridized carbons (Fsp3) is 0.800. The first-order valence-electron chi connectivity index (χ1n) is 6.94. The summed E-state index contributed by atoms with van der Waals surface area (Å²) in [6.45, 7) is 7.40. The highest BCUT2D eigenvalue weighted by Crippen LogP contribution is 2.72. The van der Waals surface area contributed by atoms with Crippen molar-refractivity contribution in [2.45, 2.75) is 32.4 Å². The van der Waals surface area contributed by atoms with E-state index in [1.807, 2.05) is 27.7 Å². The van der Waals surface area contributed by atoms with Crippen molar-refractivity contribution < 1.29 is 23.9 Å². The van der Waals surface area contributed by atoms with Gasteiger partial charge in [-0.1, -0.05) is 27.7 Å². The Hall–Kier alpha value is -1.04. The van der Waals surface area contributed by atoms with Gasteiger partial charge >= 0.3 is 11.9 Å². The molecule has 21 heavy (non-hydrogen) atoms. The van der Waals surface area contributed by atoms with Crippen molar-refractivity contribution in [3.8, 4) is 0 Å². The fourth-order valence-electron chi connectivity index (χ4n) is 4.48. The van der Waals surface area contributed by atoms with Gasteiger partial charge in [0.1, 0.15) is 5.78 Å². The number of methoxy groups -OCH3 is 2. The summed E-state index contributed by atoms with van der Waals surface area (Å²) < 4.78 is 9.14. The minimum Gasteiger partial charge on any atom is -0.469 e. The molecule has 1 saturated heterocycles. The summed E-state index contributed by atoms with van der Waals surface area (Å²) in [5.74, 6) is -1.51. The lowest BCUT2D eigenvalue weighted by Crippen LogP contribution is -2.75. The van der Waals surface area contributed by atoms with Gasteiger partial charge in [-0.15, -0.1) is 0 Å². The van der Waals surface area contributed by atoms with Crippen LogP contribution in [0.2, 0.25) is 0 Å². The lowest BCUT2D eigenvalue weighted by Gasteiger charge is -2.65. The third kappa shape index (κ3) is 1.68. The molecule has 0 aromatic carbocycles. The maximum Gasteiger partial charge on any atom is 0.311 e. The Morgan fingerprint density at radius 1 is 1.05 bits per heavy atom. The van der Waals surface area contributed by atoms with Crippen LogP contribution in [-0.2, 0) is 23.9 Å². The molecule has 118 valence electrons. The van der Waals surface area contributed by atoms with Crippen LogP contribution in [0, 0.1) is 22.7 Å². The summed E-state index contributed by atoms with van der Waals surface area (Å²) in [5.41, 5.74) is -1.36. The van der Waals surface area contributed by atoms with Gasteiger partial charge in [-0.2, -0.15) is 11.8 Å². The molecule has 0 radical (unpaired) electrons. The largest absolute Gasteiger partial charge is 0.469 e. The number of ether oxygens (including phenoxy) is 2. The maximum atomic E-state index is 12.5. The fourth-order valence-corrected chi connectivity index (χ4v) is 6.60. The summed E-state index contributed by atoms with van der Waals surface area (Å²) in [5, 5.41) is 0. The maximum absolute atomic E-state index is 12.5. The predicted octanol–water partition coefficient (Wildman–Crippen LogP) is 1.69. The molecule has 0 amide bonds. The zero-order valence-corrected chi connectivity index (χ0v) is 14.1. The van der Waals surface area contributed by atoms with Crippen LogP contribution in [0.1, 0.15) is 27.7 Å². The van der Waals surface area contributed by atoms with E-state index in [0.29, 0.717) is 5.75 Å². The minimum absolute atomic E-state index is 0.113. The van der Waals surface area contributed by atoms with Crippen LogP contribution in [0.25, 0.3) is 0 Å². The molecular formula is C15H22O5S. The molecule has 1 aliphatic carbocycles. The van der Waals surface area contributed by atoms with E-state index in [1.165, 1.54) is 26.0 Å². The molecule has 2 rings (SSSR count). The quantitative estimate of drug-likeness (QED) is 0.722. The molecule has 1 spiro atoms. The lowest BCUT2D eigenvalue weighted by molar-refractivity contribution is -0.177. The molecule has 0 bridgehead atoms. The van der Waals surface area contributed by atoms with Gasteiger partial charge < -0.3 is 9.47 Å². The van der Waals surface area contributed by atoms with Gasteiger partial charge in [0.25, 0.3) is 0 Å². The average molecular weight is 314 g/mol. The summed E-state index contributed by atoms with van der Waals surface area (Å²) >= 11 is 1.53. The van der Waals surface area contributed by atoms with Gasteiger partial charge in [-0.3, -0.25) is 14.4 Å². The molecule has 0 unspecified atom stereocenters. The number of carbonyl (C=O) groups is 3. The number of esters is 2. The number of ketones is 1. The third-order valence-electron chi connectivity index (χ3n) is 5.28. The Morgan fingerprint density at radius 2 is 1.52 bits per heavy atom. The first-order chi connectivity index (χ1) is 9.59. The van der Waals surface area contributed by atoms with Gasteiger partial charge in [-0.05, 0) is 0 Å². The normalized spacial score (nSPS) is 31.6. The summed E-state index contributed by atoms with van der Waals surface area (Å²) in [4.78, 5) is 36.9. The smallest absolute Gasteiger partial charge is 0.311 e. The second kappa shape index (κ2) is 4.73. The minimum atomic E-state index is -0.678. The van der Waals surface area contributed by atoms with E-state index in [-0.39, 0.29) is 5.78 Å². The number of carbonyl (C=O) groups excluding carboxylic acids is 3. The Morgan fingerprint density at radius 3 is 1.95 bits per heavy atom. The standard InChI is InChI=1S/C15H22O5S/c1-13(2)12(18)14(3,4)15(13)9(11(17)20-6)8(7-21-15)10(16)19-5/h8-9H,7H2,1-6H3/t8-,9+/m1/s1. The van der Waals surface area contributed by atoms with Crippen LogP contribution in [0.15, 0.2) is 0 Å². The molecule has 5 nitrogen and oxygen atoms in total. The second-order valence-electron chi connectivity index (χ2n) is 6.76. The van der Waals surface area contributed by atoms with E-state index in [2.05, 4.69) is 0 Å². The second-order valence-corrected chi connectivity index (χ2v) is 8.02. The Balaban J connectivity index is 2.55. The highest BCUT2D eigenvalue weighted by Gasteiger charge is 2.80. The van der Waals surface area contributed by atoms with Crippen LogP contribution >= 0.6 is 11.8 Å². The zero-order chi connectivity index (χ0) is 16.2. The number of rotatable bonds is 2. The SMILES string of the molecule is COC(=O)[C@@H]1[C@H](C(=O)OC)CSC12C(C)(C)C(=O)C2(C)C. The van der Waals surface area contributed by atoms with Crippen LogP contribution in [0.4, 0.5) is 0 Å². The molecule has 0 aromatic heterocycles. The number of hydrogen-bond acceptors (Lipinski definition) is 6. The van der Waals surface area contributed by atoms with Crippen molar-refractivity contribution in [1.29, 1.82) is 0 Å². The molecule has 1 aliphatic heterocycles. The zero-order valence-electron chi connectivity index (χ0n) is 13.3. The van der Waals surface area contributed by atoms with E-state index < -0.39 is 39.4 Å².